The molecule has 0 saturated carbocycles. The van der Waals surface area contributed by atoms with Crippen molar-refractivity contribution in [3.05, 3.63) is 47.2 Å². The predicted molar refractivity (Wildman–Crippen MR) is 85.0 cm³/mol. The van der Waals surface area contributed by atoms with Gasteiger partial charge in [-0.1, -0.05) is 25.1 Å². The highest BCUT2D eigenvalue weighted by atomic mass is 16.3. The van der Waals surface area contributed by atoms with Crippen molar-refractivity contribution in [2.24, 2.45) is 0 Å². The van der Waals surface area contributed by atoms with Gasteiger partial charge in [-0.3, -0.25) is 5.10 Å². The van der Waals surface area contributed by atoms with Crippen LogP contribution in [0.1, 0.15) is 23.8 Å². The lowest BCUT2D eigenvalue weighted by atomic mass is 9.99. The number of nitrogens with zero attached hydrogens (tertiary/aromatic N) is 1. The third-order valence-corrected chi connectivity index (χ3v) is 3.85. The Labute approximate surface area is 124 Å². The molecule has 0 amide bonds. The van der Waals surface area contributed by atoms with E-state index in [0.717, 1.165) is 34.8 Å². The Morgan fingerprint density at radius 3 is 2.62 bits per heavy atom. The zero-order valence-electron chi connectivity index (χ0n) is 12.5. The zero-order chi connectivity index (χ0) is 15.0. The molecule has 0 spiro atoms. The SMILES string of the molecule is CCc1ccc(-c2[nH]nc(N)c2-c2ccc(C)c(C)c2)o1. The van der Waals surface area contributed by atoms with Crippen LogP contribution in [0.3, 0.4) is 0 Å². The quantitative estimate of drug-likeness (QED) is 0.759. The highest BCUT2D eigenvalue weighted by Crippen LogP contribution is 2.36. The van der Waals surface area contributed by atoms with Gasteiger partial charge in [0.2, 0.25) is 0 Å². The average Bonchev–Trinajstić information content (AvgIpc) is 3.08. The van der Waals surface area contributed by atoms with Gasteiger partial charge in [-0.2, -0.15) is 5.10 Å². The molecule has 0 aliphatic rings. The molecular formula is C17H19N3O. The monoisotopic (exact) mass is 281 g/mol. The maximum Gasteiger partial charge on any atom is 0.153 e. The first-order chi connectivity index (χ1) is 10.1. The Balaban J connectivity index is 2.14. The molecule has 108 valence electrons. The number of H-pyrrole nitrogens is 1. The van der Waals surface area contributed by atoms with Crippen molar-refractivity contribution < 1.29 is 4.42 Å². The molecule has 21 heavy (non-hydrogen) atoms. The van der Waals surface area contributed by atoms with E-state index in [1.807, 2.05) is 12.1 Å². The van der Waals surface area contributed by atoms with Crippen LogP contribution >= 0.6 is 0 Å². The second-order valence-corrected chi connectivity index (χ2v) is 5.28. The fourth-order valence-electron chi connectivity index (χ4n) is 2.43. The lowest BCUT2D eigenvalue weighted by Crippen LogP contribution is -1.90. The van der Waals surface area contributed by atoms with Gasteiger partial charge in [-0.15, -0.1) is 0 Å². The minimum Gasteiger partial charge on any atom is -0.459 e. The number of nitrogens with two attached hydrogens (primary N) is 1. The van der Waals surface area contributed by atoms with Crippen molar-refractivity contribution in [2.45, 2.75) is 27.2 Å². The lowest BCUT2D eigenvalue weighted by molar-refractivity contribution is 0.527. The lowest BCUT2D eigenvalue weighted by Gasteiger charge is -2.06. The predicted octanol–water partition coefficient (Wildman–Crippen LogP) is 4.10. The summed E-state index contributed by atoms with van der Waals surface area (Å²) in [6.45, 7) is 6.25. The molecule has 0 aliphatic heterocycles. The number of aryl methyl sites for hydroxylation is 3. The molecule has 2 heterocycles. The molecule has 1 aromatic carbocycles. The molecular weight excluding hydrogens is 262 g/mol. The molecule has 0 saturated heterocycles. The summed E-state index contributed by atoms with van der Waals surface area (Å²) in [4.78, 5) is 0. The summed E-state index contributed by atoms with van der Waals surface area (Å²) in [5.41, 5.74) is 11.3. The van der Waals surface area contributed by atoms with E-state index in [1.165, 1.54) is 11.1 Å². The van der Waals surface area contributed by atoms with E-state index in [4.69, 9.17) is 10.2 Å². The van der Waals surface area contributed by atoms with Crippen LogP contribution in [0.5, 0.6) is 0 Å². The van der Waals surface area contributed by atoms with Gasteiger partial charge < -0.3 is 10.2 Å². The normalized spacial score (nSPS) is 11.0. The number of aromatic amines is 1. The molecule has 0 atom stereocenters. The smallest absolute Gasteiger partial charge is 0.153 e. The van der Waals surface area contributed by atoms with Gasteiger partial charge in [0.1, 0.15) is 11.5 Å². The minimum absolute atomic E-state index is 0.489. The van der Waals surface area contributed by atoms with Crippen molar-refractivity contribution in [1.82, 2.24) is 10.2 Å². The van der Waals surface area contributed by atoms with Crippen molar-refractivity contribution in [3.63, 3.8) is 0 Å². The van der Waals surface area contributed by atoms with Gasteiger partial charge in [-0.25, -0.2) is 0 Å². The van der Waals surface area contributed by atoms with Gasteiger partial charge in [0, 0.05) is 6.42 Å². The number of hydrogen-bond acceptors (Lipinski definition) is 3. The number of nitrogens with one attached hydrogen (secondary N) is 1. The first kappa shape index (κ1) is 13.5. The standard InChI is InChI=1S/C17H19N3O/c1-4-13-7-8-14(21-13)16-15(17(18)20-19-16)12-6-5-10(2)11(3)9-12/h5-9H,4H2,1-3H3,(H3,18,19,20). The maximum atomic E-state index is 6.05. The number of aromatic nitrogens is 2. The molecule has 2 aromatic heterocycles. The third-order valence-electron chi connectivity index (χ3n) is 3.85. The fraction of sp³-hybridized carbons (Fsp3) is 0.235. The molecule has 3 rings (SSSR count). The molecule has 0 bridgehead atoms. The Kier molecular flexibility index (Phi) is 3.29. The van der Waals surface area contributed by atoms with E-state index in [2.05, 4.69) is 49.2 Å². The topological polar surface area (TPSA) is 67.8 Å². The van der Waals surface area contributed by atoms with E-state index in [-0.39, 0.29) is 0 Å². The Bertz CT molecular complexity index is 783. The summed E-state index contributed by atoms with van der Waals surface area (Å²) in [6.07, 6.45) is 0.864. The molecule has 0 fully saturated rings. The number of anilines is 1. The maximum absolute atomic E-state index is 6.05. The van der Waals surface area contributed by atoms with Crippen molar-refractivity contribution in [2.75, 3.05) is 5.73 Å². The van der Waals surface area contributed by atoms with Crippen LogP contribution in [-0.2, 0) is 6.42 Å². The number of rotatable bonds is 3. The summed E-state index contributed by atoms with van der Waals surface area (Å²) in [7, 11) is 0. The summed E-state index contributed by atoms with van der Waals surface area (Å²) >= 11 is 0. The molecule has 3 N–H and O–H groups in total. The van der Waals surface area contributed by atoms with Crippen molar-refractivity contribution >= 4 is 5.82 Å². The van der Waals surface area contributed by atoms with Gasteiger partial charge >= 0.3 is 0 Å². The first-order valence-corrected chi connectivity index (χ1v) is 7.10. The number of benzene rings is 1. The second kappa shape index (κ2) is 5.13. The van der Waals surface area contributed by atoms with E-state index in [1.54, 1.807) is 0 Å². The average molecular weight is 281 g/mol. The van der Waals surface area contributed by atoms with E-state index in [9.17, 15) is 0 Å². The number of nitrogen functional groups attached to an aromatic ring is 1. The van der Waals surface area contributed by atoms with Crippen LogP contribution in [0.25, 0.3) is 22.6 Å². The summed E-state index contributed by atoms with van der Waals surface area (Å²) < 4.78 is 5.82. The summed E-state index contributed by atoms with van der Waals surface area (Å²) in [5.74, 6) is 2.20. The summed E-state index contributed by atoms with van der Waals surface area (Å²) in [5, 5.41) is 7.14. The Morgan fingerprint density at radius 2 is 1.95 bits per heavy atom. The molecule has 4 heteroatoms. The number of hydrogen-bond donors (Lipinski definition) is 2. The minimum atomic E-state index is 0.489. The second-order valence-electron chi connectivity index (χ2n) is 5.28. The van der Waals surface area contributed by atoms with Crippen LogP contribution in [0.2, 0.25) is 0 Å². The van der Waals surface area contributed by atoms with E-state index in [0.29, 0.717) is 5.82 Å². The first-order valence-electron chi connectivity index (χ1n) is 7.10. The molecule has 3 aromatic rings. The fourth-order valence-corrected chi connectivity index (χ4v) is 2.43. The van der Waals surface area contributed by atoms with Crippen LogP contribution in [0.4, 0.5) is 5.82 Å². The summed E-state index contributed by atoms with van der Waals surface area (Å²) in [6, 6.07) is 10.2. The Hall–Kier alpha value is -2.49. The van der Waals surface area contributed by atoms with Gasteiger partial charge in [-0.05, 0) is 42.7 Å². The number of furan rings is 1. The highest BCUT2D eigenvalue weighted by Gasteiger charge is 2.17. The largest absolute Gasteiger partial charge is 0.459 e. The Morgan fingerprint density at radius 1 is 1.14 bits per heavy atom. The molecule has 0 radical (unpaired) electrons. The van der Waals surface area contributed by atoms with Gasteiger partial charge in [0.15, 0.2) is 11.6 Å². The molecule has 4 nitrogen and oxygen atoms in total. The van der Waals surface area contributed by atoms with E-state index < -0.39 is 0 Å². The third kappa shape index (κ3) is 2.33. The van der Waals surface area contributed by atoms with Gasteiger partial charge in [0.25, 0.3) is 0 Å². The molecule has 0 aliphatic carbocycles. The molecule has 0 unspecified atom stereocenters. The van der Waals surface area contributed by atoms with Crippen LogP contribution in [-0.4, -0.2) is 10.2 Å². The van der Waals surface area contributed by atoms with E-state index >= 15 is 0 Å². The van der Waals surface area contributed by atoms with Gasteiger partial charge in [0.05, 0.1) is 5.56 Å². The highest BCUT2D eigenvalue weighted by molar-refractivity contribution is 5.86. The van der Waals surface area contributed by atoms with Crippen molar-refractivity contribution in [3.8, 4) is 22.6 Å². The van der Waals surface area contributed by atoms with Crippen LogP contribution < -0.4 is 5.73 Å². The van der Waals surface area contributed by atoms with Crippen LogP contribution in [0, 0.1) is 13.8 Å². The van der Waals surface area contributed by atoms with Crippen LogP contribution in [0.15, 0.2) is 34.7 Å². The van der Waals surface area contributed by atoms with Crippen molar-refractivity contribution in [1.29, 1.82) is 0 Å². The zero-order valence-corrected chi connectivity index (χ0v) is 12.5.